The maximum Gasteiger partial charge on any atom is 0.495 e. The fraction of sp³-hybridized carbons (Fsp3) is 0.231. The summed E-state index contributed by atoms with van der Waals surface area (Å²) in [6.45, 7) is 13.2. The van der Waals surface area contributed by atoms with E-state index in [4.69, 9.17) is 9.31 Å². The van der Waals surface area contributed by atoms with Gasteiger partial charge in [0.1, 0.15) is 0 Å². The SMILES string of the molecule is CC1(C)c2ccccc2-c2cc(-c3ccc4c(c3)c3ccccc3n4-c3ccccc3)c(B3OC(C)(C)C(C)(C)O3)cc21. The van der Waals surface area contributed by atoms with Crippen molar-refractivity contribution in [2.24, 2.45) is 0 Å². The molecule has 1 aromatic heterocycles. The summed E-state index contributed by atoms with van der Waals surface area (Å²) in [7, 11) is -0.467. The Labute approximate surface area is 254 Å². The summed E-state index contributed by atoms with van der Waals surface area (Å²) in [6.07, 6.45) is 0. The van der Waals surface area contributed by atoms with Crippen molar-refractivity contribution in [1.29, 1.82) is 0 Å². The van der Waals surface area contributed by atoms with Crippen LogP contribution >= 0.6 is 0 Å². The van der Waals surface area contributed by atoms with Crippen LogP contribution in [0.25, 0.3) is 49.7 Å². The minimum Gasteiger partial charge on any atom is -0.399 e. The lowest BCUT2D eigenvalue weighted by atomic mass is 9.71. The van der Waals surface area contributed by atoms with Crippen molar-refractivity contribution >= 4 is 34.4 Å². The first-order valence-corrected chi connectivity index (χ1v) is 15.3. The van der Waals surface area contributed by atoms with Crippen LogP contribution in [0.4, 0.5) is 0 Å². The monoisotopic (exact) mass is 561 g/mol. The van der Waals surface area contributed by atoms with Gasteiger partial charge in [0.15, 0.2) is 0 Å². The summed E-state index contributed by atoms with van der Waals surface area (Å²) in [5, 5.41) is 2.48. The van der Waals surface area contributed by atoms with E-state index in [1.54, 1.807) is 0 Å². The minimum absolute atomic E-state index is 0.115. The van der Waals surface area contributed by atoms with Gasteiger partial charge in [0, 0.05) is 21.9 Å². The van der Waals surface area contributed by atoms with Gasteiger partial charge in [0.2, 0.25) is 0 Å². The first kappa shape index (κ1) is 26.5. The molecule has 6 aromatic rings. The second kappa shape index (κ2) is 8.95. The first-order chi connectivity index (χ1) is 20.6. The van der Waals surface area contributed by atoms with Gasteiger partial charge in [-0.15, -0.1) is 0 Å². The number of nitrogens with zero attached hydrogens (tertiary/aromatic N) is 1. The summed E-state index contributed by atoms with van der Waals surface area (Å²) in [5.41, 5.74) is 11.3. The molecule has 2 heterocycles. The molecule has 1 aliphatic carbocycles. The maximum absolute atomic E-state index is 6.71. The van der Waals surface area contributed by atoms with E-state index >= 15 is 0 Å². The molecule has 5 aromatic carbocycles. The lowest BCUT2D eigenvalue weighted by molar-refractivity contribution is 0.00578. The van der Waals surface area contributed by atoms with E-state index < -0.39 is 18.3 Å². The second-order valence-electron chi connectivity index (χ2n) is 13.7. The van der Waals surface area contributed by atoms with Crippen LogP contribution in [0.3, 0.4) is 0 Å². The largest absolute Gasteiger partial charge is 0.495 e. The van der Waals surface area contributed by atoms with E-state index in [1.807, 2.05) is 0 Å². The lowest BCUT2D eigenvalue weighted by Crippen LogP contribution is -2.41. The lowest BCUT2D eigenvalue weighted by Gasteiger charge is -2.32. The van der Waals surface area contributed by atoms with Gasteiger partial charge in [-0.25, -0.2) is 0 Å². The highest BCUT2D eigenvalue weighted by Gasteiger charge is 2.53. The van der Waals surface area contributed by atoms with E-state index in [-0.39, 0.29) is 5.41 Å². The zero-order valence-corrected chi connectivity index (χ0v) is 25.7. The molecule has 1 saturated heterocycles. The predicted molar refractivity (Wildman–Crippen MR) is 179 cm³/mol. The average Bonchev–Trinajstić information content (AvgIpc) is 3.53. The molecule has 1 aliphatic heterocycles. The standard InChI is InChI=1S/C39H36BNO2/c1-37(2)32-18-12-10-16-27(32)30-23-29(34(24-33(30)37)40-42-38(3,4)39(5,6)43-40)25-20-21-36-31(22-25)28-17-11-13-19-35(28)41(36)26-14-8-7-9-15-26/h7-24H,1-6H3. The predicted octanol–water partition coefficient (Wildman–Crippen LogP) is 9.06. The molecule has 1 fully saturated rings. The molecule has 0 N–H and O–H groups in total. The van der Waals surface area contributed by atoms with E-state index in [1.165, 1.54) is 44.1 Å². The van der Waals surface area contributed by atoms with Crippen molar-refractivity contribution in [3.05, 3.63) is 120 Å². The average molecular weight is 562 g/mol. The molecular weight excluding hydrogens is 525 g/mol. The highest BCUT2D eigenvalue weighted by molar-refractivity contribution is 6.64. The molecule has 0 bridgehead atoms. The third-order valence-corrected chi connectivity index (χ3v) is 10.3. The van der Waals surface area contributed by atoms with E-state index in [2.05, 4.69) is 155 Å². The van der Waals surface area contributed by atoms with Gasteiger partial charge in [-0.3, -0.25) is 0 Å². The summed E-state index contributed by atoms with van der Waals surface area (Å²) in [4.78, 5) is 0. The molecule has 43 heavy (non-hydrogen) atoms. The van der Waals surface area contributed by atoms with Crippen LogP contribution in [-0.2, 0) is 14.7 Å². The fourth-order valence-electron chi connectivity index (χ4n) is 7.18. The molecule has 0 atom stereocenters. The highest BCUT2D eigenvalue weighted by atomic mass is 16.7. The van der Waals surface area contributed by atoms with Gasteiger partial charge in [0.25, 0.3) is 0 Å². The van der Waals surface area contributed by atoms with Crippen LogP contribution in [0.1, 0.15) is 52.7 Å². The topological polar surface area (TPSA) is 23.4 Å². The zero-order chi connectivity index (χ0) is 29.7. The number of fused-ring (bicyclic) bond motifs is 6. The van der Waals surface area contributed by atoms with Gasteiger partial charge in [-0.2, -0.15) is 0 Å². The van der Waals surface area contributed by atoms with Crippen LogP contribution < -0.4 is 5.46 Å². The minimum atomic E-state index is -0.467. The van der Waals surface area contributed by atoms with Crippen molar-refractivity contribution in [1.82, 2.24) is 4.57 Å². The maximum atomic E-state index is 6.71. The molecule has 0 amide bonds. The van der Waals surface area contributed by atoms with Crippen LogP contribution in [0.5, 0.6) is 0 Å². The third kappa shape index (κ3) is 3.76. The molecule has 0 unspecified atom stereocenters. The first-order valence-electron chi connectivity index (χ1n) is 15.3. The highest BCUT2D eigenvalue weighted by Crippen LogP contribution is 2.50. The van der Waals surface area contributed by atoms with Crippen molar-refractivity contribution in [2.75, 3.05) is 0 Å². The van der Waals surface area contributed by atoms with Gasteiger partial charge in [-0.1, -0.05) is 86.6 Å². The van der Waals surface area contributed by atoms with Crippen LogP contribution in [0, 0.1) is 0 Å². The number of aromatic nitrogens is 1. The number of hydrogen-bond acceptors (Lipinski definition) is 2. The Morgan fingerprint density at radius 1 is 0.535 bits per heavy atom. The van der Waals surface area contributed by atoms with Gasteiger partial charge >= 0.3 is 7.12 Å². The van der Waals surface area contributed by atoms with Gasteiger partial charge < -0.3 is 13.9 Å². The van der Waals surface area contributed by atoms with Gasteiger partial charge in [-0.05, 0) is 103 Å². The fourth-order valence-corrected chi connectivity index (χ4v) is 7.18. The summed E-state index contributed by atoms with van der Waals surface area (Å²) >= 11 is 0. The number of hydrogen-bond donors (Lipinski definition) is 0. The van der Waals surface area contributed by atoms with Crippen LogP contribution in [0.2, 0.25) is 0 Å². The molecule has 0 saturated carbocycles. The Kier molecular flexibility index (Phi) is 5.52. The Bertz CT molecular complexity index is 2050. The Hall–Kier alpha value is -4.12. The van der Waals surface area contributed by atoms with Gasteiger partial charge in [0.05, 0.1) is 22.2 Å². The molecule has 0 spiro atoms. The zero-order valence-electron chi connectivity index (χ0n) is 25.7. The molecule has 4 heteroatoms. The van der Waals surface area contributed by atoms with Crippen molar-refractivity contribution < 1.29 is 9.31 Å². The Balaban J connectivity index is 1.39. The van der Waals surface area contributed by atoms with Crippen molar-refractivity contribution in [2.45, 2.75) is 58.2 Å². The smallest absolute Gasteiger partial charge is 0.399 e. The Morgan fingerprint density at radius 3 is 1.95 bits per heavy atom. The van der Waals surface area contributed by atoms with Crippen molar-refractivity contribution in [3.63, 3.8) is 0 Å². The molecule has 212 valence electrons. The number of para-hydroxylation sites is 2. The van der Waals surface area contributed by atoms with Crippen molar-refractivity contribution in [3.8, 4) is 27.9 Å². The van der Waals surface area contributed by atoms with E-state index in [0.29, 0.717) is 0 Å². The molecule has 0 radical (unpaired) electrons. The molecular formula is C39H36BNO2. The summed E-state index contributed by atoms with van der Waals surface area (Å²) < 4.78 is 15.8. The normalized spacial score (nSPS) is 17.9. The van der Waals surface area contributed by atoms with E-state index in [9.17, 15) is 0 Å². The molecule has 3 nitrogen and oxygen atoms in total. The van der Waals surface area contributed by atoms with E-state index in [0.717, 1.165) is 22.3 Å². The molecule has 8 rings (SSSR count). The third-order valence-electron chi connectivity index (χ3n) is 10.3. The molecule has 2 aliphatic rings. The summed E-state index contributed by atoms with van der Waals surface area (Å²) in [6, 6.07) is 39.8. The number of benzene rings is 5. The van der Waals surface area contributed by atoms with Crippen LogP contribution in [0.15, 0.2) is 109 Å². The summed E-state index contributed by atoms with van der Waals surface area (Å²) in [5.74, 6) is 0. The number of rotatable bonds is 3. The Morgan fingerprint density at radius 2 is 1.19 bits per heavy atom. The van der Waals surface area contributed by atoms with Crippen LogP contribution in [-0.4, -0.2) is 22.9 Å². The quantitative estimate of drug-likeness (QED) is 0.201. The second-order valence-corrected chi connectivity index (χ2v) is 13.7.